The van der Waals surface area contributed by atoms with E-state index in [1.807, 2.05) is 31.2 Å². The van der Waals surface area contributed by atoms with Crippen LogP contribution in [0.5, 0.6) is 0 Å². The van der Waals surface area contributed by atoms with E-state index in [4.69, 9.17) is 5.73 Å². The number of hydrogen-bond acceptors (Lipinski definition) is 5. The van der Waals surface area contributed by atoms with Crippen LogP contribution in [0.4, 0.5) is 5.82 Å². The van der Waals surface area contributed by atoms with Gasteiger partial charge in [0.1, 0.15) is 5.82 Å². The van der Waals surface area contributed by atoms with Gasteiger partial charge in [-0.05, 0) is 49.8 Å². The predicted octanol–water partition coefficient (Wildman–Crippen LogP) is 2.21. The Morgan fingerprint density at radius 2 is 1.74 bits per heavy atom. The minimum atomic E-state index is -0.476. The summed E-state index contributed by atoms with van der Waals surface area (Å²) in [6, 6.07) is 13.6. The first-order chi connectivity index (χ1) is 14.8. The number of aryl methyl sites for hydroxylation is 5. The van der Waals surface area contributed by atoms with Crippen LogP contribution in [0.15, 0.2) is 58.3 Å². The van der Waals surface area contributed by atoms with Crippen LogP contribution in [-0.2, 0) is 37.6 Å². The monoisotopic (exact) mass is 420 g/mol. The highest BCUT2D eigenvalue weighted by Crippen LogP contribution is 2.11. The largest absolute Gasteiger partial charge is 0.384 e. The maximum atomic E-state index is 12.9. The molecule has 0 spiro atoms. The number of nitrogen functional groups attached to an aromatic ring is 1. The van der Waals surface area contributed by atoms with Gasteiger partial charge < -0.3 is 10.3 Å². The van der Waals surface area contributed by atoms with Gasteiger partial charge in [0.15, 0.2) is 5.78 Å². The van der Waals surface area contributed by atoms with Crippen molar-refractivity contribution in [1.82, 2.24) is 14.1 Å². The van der Waals surface area contributed by atoms with Crippen molar-refractivity contribution >= 4 is 11.6 Å². The summed E-state index contributed by atoms with van der Waals surface area (Å²) >= 11 is 0. The predicted molar refractivity (Wildman–Crippen MR) is 121 cm³/mol. The van der Waals surface area contributed by atoms with Gasteiger partial charge >= 0.3 is 5.69 Å². The van der Waals surface area contributed by atoms with Gasteiger partial charge in [-0.3, -0.25) is 14.2 Å². The number of pyridine rings is 1. The molecule has 2 heterocycles. The highest BCUT2D eigenvalue weighted by molar-refractivity contribution is 5.78. The second-order valence-electron chi connectivity index (χ2n) is 7.80. The van der Waals surface area contributed by atoms with Crippen LogP contribution in [0.3, 0.4) is 0 Å². The Morgan fingerprint density at radius 3 is 2.45 bits per heavy atom. The number of hydrogen-bond donors (Lipinski definition) is 1. The van der Waals surface area contributed by atoms with Gasteiger partial charge in [0.2, 0.25) is 0 Å². The topological polar surface area (TPSA) is 100.0 Å². The first-order valence-corrected chi connectivity index (χ1v) is 10.4. The number of rotatable bonds is 9. The average molecular weight is 421 g/mol. The minimum absolute atomic E-state index is 0.170. The molecule has 1 aromatic carbocycles. The van der Waals surface area contributed by atoms with Crippen LogP contribution in [0.2, 0.25) is 0 Å². The molecule has 0 aliphatic heterocycles. The maximum Gasteiger partial charge on any atom is 0.331 e. The van der Waals surface area contributed by atoms with E-state index in [9.17, 15) is 14.4 Å². The molecule has 0 fully saturated rings. The minimum Gasteiger partial charge on any atom is -0.384 e. The molecule has 0 saturated carbocycles. The fourth-order valence-electron chi connectivity index (χ4n) is 3.64. The van der Waals surface area contributed by atoms with Gasteiger partial charge in [0.05, 0.1) is 6.54 Å². The van der Waals surface area contributed by atoms with Crippen molar-refractivity contribution < 1.29 is 4.79 Å². The molecule has 162 valence electrons. The van der Waals surface area contributed by atoms with E-state index in [0.717, 1.165) is 28.7 Å². The van der Waals surface area contributed by atoms with Crippen molar-refractivity contribution in [3.63, 3.8) is 0 Å². The lowest BCUT2D eigenvalue weighted by molar-refractivity contribution is -0.119. The van der Waals surface area contributed by atoms with Crippen LogP contribution < -0.4 is 17.0 Å². The van der Waals surface area contributed by atoms with Crippen LogP contribution in [-0.4, -0.2) is 19.9 Å². The van der Waals surface area contributed by atoms with E-state index >= 15 is 0 Å². The van der Waals surface area contributed by atoms with Gasteiger partial charge in [-0.25, -0.2) is 9.78 Å². The quantitative estimate of drug-likeness (QED) is 0.572. The fraction of sp³-hybridized carbons (Fsp3) is 0.333. The number of Topliss-reactive ketones (excluding diaryl/α,β-unsaturated/α-hetero) is 1. The molecular formula is C24H28N4O3. The van der Waals surface area contributed by atoms with Crippen LogP contribution in [0.25, 0.3) is 0 Å². The van der Waals surface area contributed by atoms with E-state index in [1.165, 1.54) is 10.1 Å². The van der Waals surface area contributed by atoms with E-state index in [2.05, 4.69) is 17.1 Å². The molecule has 0 atom stereocenters. The third-order valence-corrected chi connectivity index (χ3v) is 5.38. The first kappa shape index (κ1) is 22.2. The Bertz CT molecular complexity index is 1180. The normalized spacial score (nSPS) is 10.9. The van der Waals surface area contributed by atoms with Crippen molar-refractivity contribution in [2.75, 3.05) is 5.73 Å². The summed E-state index contributed by atoms with van der Waals surface area (Å²) in [4.78, 5) is 42.1. The molecular weight excluding hydrogens is 392 g/mol. The fourth-order valence-corrected chi connectivity index (χ4v) is 3.64. The Balaban J connectivity index is 1.67. The number of carbonyl (C=O) groups excluding carboxylic acids is 1. The van der Waals surface area contributed by atoms with Gasteiger partial charge in [-0.2, -0.15) is 0 Å². The zero-order valence-corrected chi connectivity index (χ0v) is 18.0. The van der Waals surface area contributed by atoms with Gasteiger partial charge in [0.25, 0.3) is 5.56 Å². The molecule has 0 saturated heterocycles. The third kappa shape index (κ3) is 5.78. The van der Waals surface area contributed by atoms with E-state index < -0.39 is 5.69 Å². The average Bonchev–Trinajstić information content (AvgIpc) is 2.75. The Hall–Kier alpha value is -3.48. The number of nitrogens with zero attached hydrogens (tertiary/aromatic N) is 3. The van der Waals surface area contributed by atoms with E-state index in [1.54, 1.807) is 19.3 Å². The van der Waals surface area contributed by atoms with Crippen molar-refractivity contribution in [3.05, 3.63) is 91.9 Å². The molecule has 0 amide bonds. The lowest BCUT2D eigenvalue weighted by Gasteiger charge is -2.11. The molecule has 3 rings (SSSR count). The van der Waals surface area contributed by atoms with Gasteiger partial charge in [-0.1, -0.05) is 36.4 Å². The second kappa shape index (κ2) is 10.0. The number of nitrogens with two attached hydrogens (primary N) is 1. The molecule has 2 N–H and O–H groups in total. The number of aromatic nitrogens is 3. The van der Waals surface area contributed by atoms with Crippen LogP contribution in [0.1, 0.15) is 35.2 Å². The zero-order valence-electron chi connectivity index (χ0n) is 18.0. The van der Waals surface area contributed by atoms with Crippen LogP contribution in [0, 0.1) is 6.92 Å². The molecule has 0 aliphatic rings. The summed E-state index contributed by atoms with van der Waals surface area (Å²) in [5, 5.41) is 0. The second-order valence-corrected chi connectivity index (χ2v) is 7.80. The summed E-state index contributed by atoms with van der Waals surface area (Å²) in [7, 11) is 1.60. The number of ketones is 1. The summed E-state index contributed by atoms with van der Waals surface area (Å²) in [5.41, 5.74) is 8.26. The SMILES string of the molecule is Cc1nc(N)ccc1CCC(=O)Cn1c(=O)c(CCCc2ccccc2)cn(C)c1=O. The van der Waals surface area contributed by atoms with E-state index in [-0.39, 0.29) is 24.3 Å². The molecule has 0 unspecified atom stereocenters. The number of benzene rings is 1. The standard InChI is InChI=1S/C24H28N4O3/c1-17-19(12-14-22(25)26-17)11-13-21(29)16-28-23(30)20(15-27(2)24(28)31)10-6-9-18-7-4-3-5-8-18/h3-5,7-8,12,14-15H,6,9-11,13,16H2,1-2H3,(H2,25,26). The molecule has 3 aromatic rings. The lowest BCUT2D eigenvalue weighted by Crippen LogP contribution is -2.42. The first-order valence-electron chi connectivity index (χ1n) is 10.4. The summed E-state index contributed by atoms with van der Waals surface area (Å²) in [6.45, 7) is 1.62. The molecule has 0 aliphatic carbocycles. The van der Waals surface area contributed by atoms with Crippen molar-refractivity contribution in [3.8, 4) is 0 Å². The number of carbonyl (C=O) groups is 1. The van der Waals surface area contributed by atoms with Crippen LogP contribution >= 0.6 is 0 Å². The number of anilines is 1. The van der Waals surface area contributed by atoms with E-state index in [0.29, 0.717) is 24.2 Å². The third-order valence-electron chi connectivity index (χ3n) is 5.38. The smallest absolute Gasteiger partial charge is 0.331 e. The highest BCUT2D eigenvalue weighted by atomic mass is 16.2. The van der Waals surface area contributed by atoms with Crippen molar-refractivity contribution in [2.24, 2.45) is 7.05 Å². The molecule has 2 aromatic heterocycles. The Labute approximate surface area is 181 Å². The van der Waals surface area contributed by atoms with Crippen molar-refractivity contribution in [2.45, 2.75) is 45.6 Å². The zero-order chi connectivity index (χ0) is 22.4. The lowest BCUT2D eigenvalue weighted by atomic mass is 10.1. The summed E-state index contributed by atoms with van der Waals surface area (Å²) < 4.78 is 2.43. The molecule has 7 heteroatoms. The molecule has 7 nitrogen and oxygen atoms in total. The summed E-state index contributed by atoms with van der Waals surface area (Å²) in [5.74, 6) is 0.267. The Morgan fingerprint density at radius 1 is 1.00 bits per heavy atom. The highest BCUT2D eigenvalue weighted by Gasteiger charge is 2.14. The summed E-state index contributed by atoms with van der Waals surface area (Å²) in [6.07, 6.45) is 4.47. The van der Waals surface area contributed by atoms with Gasteiger partial charge in [0, 0.05) is 30.9 Å². The van der Waals surface area contributed by atoms with Crippen molar-refractivity contribution in [1.29, 1.82) is 0 Å². The molecule has 0 radical (unpaired) electrons. The molecule has 0 bridgehead atoms. The van der Waals surface area contributed by atoms with Gasteiger partial charge in [-0.15, -0.1) is 0 Å². The Kier molecular flexibility index (Phi) is 7.18. The molecule has 31 heavy (non-hydrogen) atoms. The maximum absolute atomic E-state index is 12.9.